The van der Waals surface area contributed by atoms with Gasteiger partial charge >= 0.3 is 0 Å². The highest BCUT2D eigenvalue weighted by Gasteiger charge is 2.62. The van der Waals surface area contributed by atoms with Gasteiger partial charge in [0.25, 0.3) is 0 Å². The van der Waals surface area contributed by atoms with Gasteiger partial charge in [0.2, 0.25) is 5.91 Å². The molecule has 4 aliphatic rings. The Kier molecular flexibility index (Phi) is 5.91. The fourth-order valence-corrected chi connectivity index (χ4v) is 8.66. The van der Waals surface area contributed by atoms with Crippen molar-refractivity contribution < 1.29 is 14.4 Å². The van der Waals surface area contributed by atoms with E-state index in [4.69, 9.17) is 0 Å². The van der Waals surface area contributed by atoms with Crippen LogP contribution in [0.25, 0.3) is 0 Å². The van der Waals surface area contributed by atoms with Crippen LogP contribution in [0.15, 0.2) is 0 Å². The molecule has 4 heteroatoms. The number of amides is 1. The van der Waals surface area contributed by atoms with Gasteiger partial charge in [-0.2, -0.15) is 0 Å². The van der Waals surface area contributed by atoms with Crippen LogP contribution in [-0.4, -0.2) is 24.0 Å². The number of rotatable bonds is 5. The third-order valence-corrected chi connectivity index (χ3v) is 10.2. The molecule has 0 bridgehead atoms. The van der Waals surface area contributed by atoms with Crippen LogP contribution in [-0.2, 0) is 14.4 Å². The minimum atomic E-state index is -0.0162. The SMILES string of the molecule is CCNC(=O)CC[C@H](C)[C@@H]1CC[C@@H]2[C@H]3CC(=O)[C@H]4CC(=O)CC[C@@]4(C)[C@@H]3CC[C@]21C. The number of hydrogen-bond acceptors (Lipinski definition) is 3. The van der Waals surface area contributed by atoms with E-state index < -0.39 is 0 Å². The maximum Gasteiger partial charge on any atom is 0.219 e. The lowest BCUT2D eigenvalue weighted by Gasteiger charge is -2.59. The molecule has 0 aromatic carbocycles. The summed E-state index contributed by atoms with van der Waals surface area (Å²) in [7, 11) is 0. The number of nitrogens with one attached hydrogen (secondary N) is 1. The van der Waals surface area contributed by atoms with Gasteiger partial charge in [-0.3, -0.25) is 14.4 Å². The van der Waals surface area contributed by atoms with Crippen molar-refractivity contribution in [1.29, 1.82) is 0 Å². The first-order valence-corrected chi connectivity index (χ1v) is 12.5. The molecule has 0 unspecified atom stereocenters. The zero-order chi connectivity index (χ0) is 21.7. The molecule has 0 aromatic rings. The maximum absolute atomic E-state index is 13.2. The molecule has 1 amide bonds. The minimum Gasteiger partial charge on any atom is -0.356 e. The first-order valence-electron chi connectivity index (χ1n) is 12.5. The van der Waals surface area contributed by atoms with Crippen molar-refractivity contribution in [2.45, 2.75) is 91.9 Å². The molecular formula is C26H41NO3. The lowest BCUT2D eigenvalue weighted by atomic mass is 9.44. The summed E-state index contributed by atoms with van der Waals surface area (Å²) in [6, 6.07) is 0. The number of ketones is 2. The largest absolute Gasteiger partial charge is 0.356 e. The van der Waals surface area contributed by atoms with Gasteiger partial charge in [0, 0.05) is 38.1 Å². The smallest absolute Gasteiger partial charge is 0.219 e. The van der Waals surface area contributed by atoms with Crippen molar-refractivity contribution >= 4 is 17.5 Å². The Hall–Kier alpha value is -1.19. The predicted octanol–water partition coefficient (Wildman–Crippen LogP) is 4.95. The lowest BCUT2D eigenvalue weighted by molar-refractivity contribution is -0.159. The van der Waals surface area contributed by atoms with Crippen molar-refractivity contribution in [3.05, 3.63) is 0 Å². The van der Waals surface area contributed by atoms with Crippen LogP contribution in [0, 0.1) is 46.3 Å². The van der Waals surface area contributed by atoms with Gasteiger partial charge in [0.1, 0.15) is 11.6 Å². The van der Waals surface area contributed by atoms with Crippen LogP contribution < -0.4 is 5.32 Å². The summed E-state index contributed by atoms with van der Waals surface area (Å²) in [5.74, 6) is 3.79. The van der Waals surface area contributed by atoms with E-state index in [0.717, 1.165) is 12.8 Å². The van der Waals surface area contributed by atoms with Crippen LogP contribution >= 0.6 is 0 Å². The van der Waals surface area contributed by atoms with Crippen molar-refractivity contribution in [2.24, 2.45) is 46.3 Å². The summed E-state index contributed by atoms with van der Waals surface area (Å²) in [4.78, 5) is 37.2. The summed E-state index contributed by atoms with van der Waals surface area (Å²) in [5, 5.41) is 2.93. The second kappa shape index (κ2) is 8.06. The normalized spacial score (nSPS) is 44.1. The standard InChI is InChI=1S/C26H41NO3/c1-5-27-24(30)9-6-16(2)19-7-8-20-18-15-23(29)22-14-17(28)10-12-26(22,4)21(18)11-13-25(19,20)3/h16,18-22H,5-15H2,1-4H3,(H,27,30)/t16-,18+,19-,20+,21+,22+,25-,26-/m0/s1. The molecule has 0 aliphatic heterocycles. The minimum absolute atomic E-state index is 0.0162. The summed E-state index contributed by atoms with van der Waals surface area (Å²) < 4.78 is 0. The highest BCUT2D eigenvalue weighted by molar-refractivity contribution is 5.90. The second-order valence-electron chi connectivity index (χ2n) is 11.5. The number of fused-ring (bicyclic) bond motifs is 5. The maximum atomic E-state index is 13.2. The molecule has 0 heterocycles. The monoisotopic (exact) mass is 415 g/mol. The molecule has 4 saturated carbocycles. The van der Waals surface area contributed by atoms with E-state index in [1.807, 2.05) is 6.92 Å². The molecule has 0 radical (unpaired) electrons. The topological polar surface area (TPSA) is 63.2 Å². The van der Waals surface area contributed by atoms with Crippen molar-refractivity contribution in [3.8, 4) is 0 Å². The van der Waals surface area contributed by atoms with Gasteiger partial charge in [0.05, 0.1) is 0 Å². The molecule has 0 spiro atoms. The molecule has 168 valence electrons. The Morgan fingerprint density at radius 2 is 1.80 bits per heavy atom. The van der Waals surface area contributed by atoms with E-state index >= 15 is 0 Å². The van der Waals surface area contributed by atoms with Gasteiger partial charge in [-0.25, -0.2) is 0 Å². The molecule has 0 aromatic heterocycles. The van der Waals surface area contributed by atoms with Crippen LogP contribution in [0.3, 0.4) is 0 Å². The second-order valence-corrected chi connectivity index (χ2v) is 11.5. The Morgan fingerprint density at radius 3 is 2.53 bits per heavy atom. The fraction of sp³-hybridized carbons (Fsp3) is 0.885. The average Bonchev–Trinajstić information content (AvgIpc) is 3.05. The van der Waals surface area contributed by atoms with Crippen LogP contribution in [0.2, 0.25) is 0 Å². The number of carbonyl (C=O) groups excluding carboxylic acids is 3. The molecule has 4 fully saturated rings. The zero-order valence-electron chi connectivity index (χ0n) is 19.5. The molecule has 30 heavy (non-hydrogen) atoms. The van der Waals surface area contributed by atoms with E-state index in [1.165, 1.54) is 25.7 Å². The fourth-order valence-electron chi connectivity index (χ4n) is 8.66. The van der Waals surface area contributed by atoms with Crippen LogP contribution in [0.5, 0.6) is 0 Å². The van der Waals surface area contributed by atoms with E-state index in [9.17, 15) is 14.4 Å². The Labute approximate surface area is 182 Å². The first kappa shape index (κ1) is 22.0. The molecule has 8 atom stereocenters. The van der Waals surface area contributed by atoms with E-state index in [2.05, 4.69) is 26.1 Å². The summed E-state index contributed by atoms with van der Waals surface area (Å²) in [6.45, 7) is 9.86. The molecule has 4 rings (SSSR count). The Balaban J connectivity index is 1.50. The first-order chi connectivity index (χ1) is 14.2. The third kappa shape index (κ3) is 3.46. The van der Waals surface area contributed by atoms with Gasteiger partial charge in [-0.15, -0.1) is 0 Å². The molecule has 4 aliphatic carbocycles. The third-order valence-electron chi connectivity index (χ3n) is 10.2. The highest BCUT2D eigenvalue weighted by atomic mass is 16.1. The zero-order valence-corrected chi connectivity index (χ0v) is 19.5. The summed E-state index contributed by atoms with van der Waals surface area (Å²) >= 11 is 0. The van der Waals surface area contributed by atoms with Crippen LogP contribution in [0.1, 0.15) is 91.9 Å². The molecule has 1 N–H and O–H groups in total. The van der Waals surface area contributed by atoms with Gasteiger partial charge in [0.15, 0.2) is 0 Å². The lowest BCUT2D eigenvalue weighted by Crippen LogP contribution is -2.56. The molecule has 0 saturated heterocycles. The quantitative estimate of drug-likeness (QED) is 0.691. The predicted molar refractivity (Wildman–Crippen MR) is 118 cm³/mol. The Bertz CT molecular complexity index is 717. The summed E-state index contributed by atoms with van der Waals surface area (Å²) in [5.41, 5.74) is 0.340. The van der Waals surface area contributed by atoms with E-state index in [1.54, 1.807) is 0 Å². The average molecular weight is 416 g/mol. The van der Waals surface area contributed by atoms with E-state index in [0.29, 0.717) is 78.8 Å². The van der Waals surface area contributed by atoms with Gasteiger partial charge in [-0.1, -0.05) is 20.8 Å². The highest BCUT2D eigenvalue weighted by Crippen LogP contribution is 2.67. The van der Waals surface area contributed by atoms with Crippen molar-refractivity contribution in [2.75, 3.05) is 6.54 Å². The molecule has 4 nitrogen and oxygen atoms in total. The number of hydrogen-bond donors (Lipinski definition) is 1. The number of carbonyl (C=O) groups is 3. The van der Waals surface area contributed by atoms with Crippen LogP contribution in [0.4, 0.5) is 0 Å². The Morgan fingerprint density at radius 1 is 1.07 bits per heavy atom. The van der Waals surface area contributed by atoms with E-state index in [-0.39, 0.29) is 17.2 Å². The van der Waals surface area contributed by atoms with Crippen molar-refractivity contribution in [3.63, 3.8) is 0 Å². The number of Topliss-reactive ketones (excluding diaryl/α,β-unsaturated/α-hetero) is 2. The van der Waals surface area contributed by atoms with Gasteiger partial charge < -0.3 is 5.32 Å². The van der Waals surface area contributed by atoms with Gasteiger partial charge in [-0.05, 0) is 85.9 Å². The molecular weight excluding hydrogens is 374 g/mol. The summed E-state index contributed by atoms with van der Waals surface area (Å²) in [6.07, 6.45) is 9.33. The van der Waals surface area contributed by atoms with Crippen molar-refractivity contribution in [1.82, 2.24) is 5.32 Å².